The van der Waals surface area contributed by atoms with Gasteiger partial charge < -0.3 is 15.5 Å². The maximum atomic E-state index is 12.0. The molecule has 0 aliphatic rings. The first kappa shape index (κ1) is 19.7. The molecule has 0 fully saturated rings. The Bertz CT molecular complexity index is 747. The quantitative estimate of drug-likeness (QED) is 0.696. The van der Waals surface area contributed by atoms with Gasteiger partial charge >= 0.3 is 0 Å². The summed E-state index contributed by atoms with van der Waals surface area (Å²) < 4.78 is 0. The van der Waals surface area contributed by atoms with Gasteiger partial charge in [-0.1, -0.05) is 17.7 Å². The second kappa shape index (κ2) is 9.77. The number of benzene rings is 1. The van der Waals surface area contributed by atoms with Gasteiger partial charge in [-0.3, -0.25) is 9.59 Å². The average Bonchev–Trinajstić information content (AvgIpc) is 2.64. The monoisotopic (exact) mass is 374 g/mol. The molecule has 0 unspecified atom stereocenters. The third-order valence-electron chi connectivity index (χ3n) is 3.74. The Kier molecular flexibility index (Phi) is 7.41. The molecular weight excluding hydrogens is 352 g/mol. The lowest BCUT2D eigenvalue weighted by Gasteiger charge is -2.16. The number of hydrogen-bond donors (Lipinski definition) is 2. The van der Waals surface area contributed by atoms with E-state index < -0.39 is 0 Å². The van der Waals surface area contributed by atoms with Crippen molar-refractivity contribution < 1.29 is 9.59 Å². The average molecular weight is 375 g/mol. The van der Waals surface area contributed by atoms with Crippen LogP contribution in [0.3, 0.4) is 0 Å². The van der Waals surface area contributed by atoms with Gasteiger partial charge in [-0.2, -0.15) is 0 Å². The molecule has 0 aliphatic heterocycles. The Morgan fingerprint density at radius 1 is 1.12 bits per heavy atom. The van der Waals surface area contributed by atoms with Gasteiger partial charge in [-0.05, 0) is 36.8 Å². The summed E-state index contributed by atoms with van der Waals surface area (Å²) in [5.74, 6) is 0.607. The standard InChI is InChI=1S/C19H23ClN4O2/c1-24(2)18-15(5-3-11-21-18)13-23-17(25)6-4-12-22-19(26)14-7-9-16(20)10-8-14/h3,5,7-11H,4,6,12-13H2,1-2H3,(H,22,26)(H,23,25). The summed E-state index contributed by atoms with van der Waals surface area (Å²) in [6, 6.07) is 10.5. The lowest BCUT2D eigenvalue weighted by Crippen LogP contribution is -2.27. The number of rotatable bonds is 8. The van der Waals surface area contributed by atoms with E-state index in [4.69, 9.17) is 11.6 Å². The molecule has 0 atom stereocenters. The van der Waals surface area contributed by atoms with Crippen molar-refractivity contribution in [3.63, 3.8) is 0 Å². The van der Waals surface area contributed by atoms with Gasteiger partial charge in [0.05, 0.1) is 0 Å². The Morgan fingerprint density at radius 3 is 2.54 bits per heavy atom. The molecule has 1 aromatic carbocycles. The van der Waals surface area contributed by atoms with Crippen molar-refractivity contribution >= 4 is 29.2 Å². The van der Waals surface area contributed by atoms with Crippen LogP contribution in [0.5, 0.6) is 0 Å². The number of anilines is 1. The highest BCUT2D eigenvalue weighted by atomic mass is 35.5. The molecule has 138 valence electrons. The Morgan fingerprint density at radius 2 is 1.85 bits per heavy atom. The third-order valence-corrected chi connectivity index (χ3v) is 3.99. The first-order valence-electron chi connectivity index (χ1n) is 8.39. The number of carbonyl (C=O) groups excluding carboxylic acids is 2. The Labute approximate surface area is 158 Å². The second-order valence-corrected chi connectivity index (χ2v) is 6.46. The molecule has 0 bridgehead atoms. The van der Waals surface area contributed by atoms with Gasteiger partial charge in [-0.25, -0.2) is 4.98 Å². The molecule has 1 aromatic heterocycles. The van der Waals surface area contributed by atoms with Gasteiger partial charge in [-0.15, -0.1) is 0 Å². The van der Waals surface area contributed by atoms with Gasteiger partial charge in [0.2, 0.25) is 5.91 Å². The number of amides is 2. The van der Waals surface area contributed by atoms with Crippen LogP contribution in [0.15, 0.2) is 42.6 Å². The highest BCUT2D eigenvalue weighted by Gasteiger charge is 2.08. The van der Waals surface area contributed by atoms with Crippen LogP contribution in [-0.2, 0) is 11.3 Å². The van der Waals surface area contributed by atoms with E-state index in [9.17, 15) is 9.59 Å². The van der Waals surface area contributed by atoms with Crippen molar-refractivity contribution in [2.75, 3.05) is 25.5 Å². The number of aromatic nitrogens is 1. The van der Waals surface area contributed by atoms with E-state index in [1.165, 1.54) is 0 Å². The van der Waals surface area contributed by atoms with E-state index in [1.54, 1.807) is 30.5 Å². The van der Waals surface area contributed by atoms with Crippen LogP contribution < -0.4 is 15.5 Å². The smallest absolute Gasteiger partial charge is 0.251 e. The van der Waals surface area contributed by atoms with E-state index in [2.05, 4.69) is 15.6 Å². The minimum absolute atomic E-state index is 0.0562. The number of halogens is 1. The molecule has 0 spiro atoms. The highest BCUT2D eigenvalue weighted by molar-refractivity contribution is 6.30. The molecule has 0 radical (unpaired) electrons. The maximum absolute atomic E-state index is 12.0. The summed E-state index contributed by atoms with van der Waals surface area (Å²) in [4.78, 5) is 30.1. The summed E-state index contributed by atoms with van der Waals surface area (Å²) >= 11 is 5.80. The normalized spacial score (nSPS) is 10.3. The predicted octanol–water partition coefficient (Wildman–Crippen LogP) is 2.63. The van der Waals surface area contributed by atoms with Crippen molar-refractivity contribution in [1.82, 2.24) is 15.6 Å². The van der Waals surface area contributed by atoms with E-state index in [1.807, 2.05) is 31.1 Å². The minimum Gasteiger partial charge on any atom is -0.362 e. The molecule has 2 N–H and O–H groups in total. The van der Waals surface area contributed by atoms with Gasteiger partial charge in [0, 0.05) is 56.0 Å². The van der Waals surface area contributed by atoms with Crippen molar-refractivity contribution in [3.8, 4) is 0 Å². The zero-order chi connectivity index (χ0) is 18.9. The molecule has 26 heavy (non-hydrogen) atoms. The highest BCUT2D eigenvalue weighted by Crippen LogP contribution is 2.14. The minimum atomic E-state index is -0.173. The predicted molar refractivity (Wildman–Crippen MR) is 103 cm³/mol. The Balaban J connectivity index is 1.69. The van der Waals surface area contributed by atoms with Crippen molar-refractivity contribution in [3.05, 3.63) is 58.7 Å². The Hall–Kier alpha value is -2.60. The number of carbonyl (C=O) groups is 2. The van der Waals surface area contributed by atoms with E-state index in [0.29, 0.717) is 36.5 Å². The summed E-state index contributed by atoms with van der Waals surface area (Å²) in [5, 5.41) is 6.27. The van der Waals surface area contributed by atoms with Crippen LogP contribution in [0, 0.1) is 0 Å². The van der Waals surface area contributed by atoms with Crippen molar-refractivity contribution in [1.29, 1.82) is 0 Å². The summed E-state index contributed by atoms with van der Waals surface area (Å²) in [5.41, 5.74) is 1.51. The van der Waals surface area contributed by atoms with E-state index in [0.717, 1.165) is 11.4 Å². The van der Waals surface area contributed by atoms with Crippen LogP contribution in [0.2, 0.25) is 5.02 Å². The van der Waals surface area contributed by atoms with Crippen LogP contribution >= 0.6 is 11.6 Å². The SMILES string of the molecule is CN(C)c1ncccc1CNC(=O)CCCNC(=O)c1ccc(Cl)cc1. The molecule has 6 nitrogen and oxygen atoms in total. The molecule has 0 saturated carbocycles. The fraction of sp³-hybridized carbons (Fsp3) is 0.316. The van der Waals surface area contributed by atoms with Gasteiger partial charge in [0.15, 0.2) is 0 Å². The van der Waals surface area contributed by atoms with Crippen LogP contribution in [0.4, 0.5) is 5.82 Å². The summed E-state index contributed by atoms with van der Waals surface area (Å²) in [6.07, 6.45) is 2.64. The first-order chi connectivity index (χ1) is 12.5. The zero-order valence-electron chi connectivity index (χ0n) is 15.0. The van der Waals surface area contributed by atoms with Gasteiger partial charge in [0.1, 0.15) is 5.82 Å². The molecule has 0 aliphatic carbocycles. The lowest BCUT2D eigenvalue weighted by atomic mass is 10.2. The van der Waals surface area contributed by atoms with Crippen LogP contribution in [0.1, 0.15) is 28.8 Å². The number of nitrogens with zero attached hydrogens (tertiary/aromatic N) is 2. The fourth-order valence-corrected chi connectivity index (χ4v) is 2.53. The summed E-state index contributed by atoms with van der Waals surface area (Å²) in [6.45, 7) is 0.863. The van der Waals surface area contributed by atoms with Crippen LogP contribution in [-0.4, -0.2) is 37.4 Å². The third kappa shape index (κ3) is 6.04. The van der Waals surface area contributed by atoms with Crippen LogP contribution in [0.25, 0.3) is 0 Å². The van der Waals surface area contributed by atoms with E-state index >= 15 is 0 Å². The topological polar surface area (TPSA) is 74.3 Å². The molecule has 2 rings (SSSR count). The largest absolute Gasteiger partial charge is 0.362 e. The first-order valence-corrected chi connectivity index (χ1v) is 8.77. The zero-order valence-corrected chi connectivity index (χ0v) is 15.7. The maximum Gasteiger partial charge on any atom is 0.251 e. The van der Waals surface area contributed by atoms with Crippen molar-refractivity contribution in [2.45, 2.75) is 19.4 Å². The molecule has 2 amide bonds. The molecule has 2 aromatic rings. The number of hydrogen-bond acceptors (Lipinski definition) is 4. The second-order valence-electron chi connectivity index (χ2n) is 6.02. The fourth-order valence-electron chi connectivity index (χ4n) is 2.41. The summed E-state index contributed by atoms with van der Waals surface area (Å²) in [7, 11) is 3.83. The van der Waals surface area contributed by atoms with Crippen molar-refractivity contribution in [2.24, 2.45) is 0 Å². The van der Waals surface area contributed by atoms with E-state index in [-0.39, 0.29) is 11.8 Å². The molecule has 7 heteroatoms. The number of nitrogens with one attached hydrogen (secondary N) is 2. The van der Waals surface area contributed by atoms with Gasteiger partial charge in [0.25, 0.3) is 5.91 Å². The molecular formula is C19H23ClN4O2. The molecule has 0 saturated heterocycles. The molecule has 1 heterocycles. The number of pyridine rings is 1. The lowest BCUT2D eigenvalue weighted by molar-refractivity contribution is -0.121.